The lowest BCUT2D eigenvalue weighted by molar-refractivity contribution is 0.101. The van der Waals surface area contributed by atoms with Crippen LogP contribution in [0.3, 0.4) is 0 Å². The molecule has 0 amide bonds. The van der Waals surface area contributed by atoms with Crippen LogP contribution in [0.25, 0.3) is 89.0 Å². The second-order valence-corrected chi connectivity index (χ2v) is 37.9. The second kappa shape index (κ2) is 47.4. The summed E-state index contributed by atoms with van der Waals surface area (Å²) in [6, 6.07) is 63.7. The first-order valence-corrected chi connectivity index (χ1v) is 51.3. The van der Waals surface area contributed by atoms with Gasteiger partial charge in [-0.15, -0.1) is 0 Å². The third-order valence-electron chi connectivity index (χ3n) is 28.9. The molecule has 0 saturated heterocycles. The van der Waals surface area contributed by atoms with Gasteiger partial charge in [0.1, 0.15) is 46.0 Å². The molecule has 4 aliphatic heterocycles. The molecule has 0 spiro atoms. The third-order valence-corrected chi connectivity index (χ3v) is 28.9. The molecule has 1 aliphatic carbocycles. The first-order chi connectivity index (χ1) is 65.5. The highest BCUT2D eigenvalue weighted by molar-refractivity contribution is 5.90. The van der Waals surface area contributed by atoms with Gasteiger partial charge in [0, 0.05) is 118 Å². The number of hydrogen-bond acceptors (Lipinski definition) is 12. The number of ether oxygens (including phenoxy) is 8. The van der Waals surface area contributed by atoms with Gasteiger partial charge < -0.3 is 37.9 Å². The predicted molar refractivity (Wildman–Crippen MR) is 540 cm³/mol. The highest BCUT2D eigenvalue weighted by Gasteiger charge is 2.43. The number of benzene rings is 8. The summed E-state index contributed by atoms with van der Waals surface area (Å²) in [5.41, 5.74) is 25.5. The van der Waals surface area contributed by atoms with Gasteiger partial charge >= 0.3 is 0 Å². The van der Waals surface area contributed by atoms with Crippen molar-refractivity contribution in [2.45, 2.75) is 308 Å². The summed E-state index contributed by atoms with van der Waals surface area (Å²) in [4.78, 5) is 17.9. The van der Waals surface area contributed by atoms with Gasteiger partial charge in [0.05, 0.1) is 22.3 Å². The monoisotopic (exact) mass is 1770 g/mol. The molecule has 8 heterocycles. The molecular formula is C120H140N4O8. The van der Waals surface area contributed by atoms with Crippen LogP contribution in [0.5, 0.6) is 46.0 Å². The second-order valence-electron chi connectivity index (χ2n) is 37.9. The lowest BCUT2D eigenvalue weighted by Gasteiger charge is -2.38. The van der Waals surface area contributed by atoms with Crippen molar-refractivity contribution in [2.24, 2.45) is 0 Å². The molecule has 8 aromatic carbocycles. The average molecular weight is 1770 g/mol. The molecule has 0 saturated carbocycles. The largest absolute Gasteiger partial charge is 0.456 e. The summed E-state index contributed by atoms with van der Waals surface area (Å²) < 4.78 is 62.2. The van der Waals surface area contributed by atoms with Crippen LogP contribution >= 0.6 is 0 Å². The molecular weight excluding hydrogens is 1630 g/mol. The summed E-state index contributed by atoms with van der Waals surface area (Å²) in [5, 5.41) is 0. The van der Waals surface area contributed by atoms with Gasteiger partial charge in [-0.05, 0) is 165 Å². The Morgan fingerprint density at radius 2 is 0.311 bits per heavy atom. The lowest BCUT2D eigenvalue weighted by Crippen LogP contribution is -2.24. The van der Waals surface area contributed by atoms with Crippen LogP contribution in [0.15, 0.2) is 219 Å². The van der Waals surface area contributed by atoms with Crippen LogP contribution in [0.4, 0.5) is 0 Å². The Balaban J connectivity index is 0.986. The Morgan fingerprint density at radius 3 is 0.470 bits per heavy atom. The van der Waals surface area contributed by atoms with Gasteiger partial charge in [-0.3, -0.25) is 19.9 Å². The van der Waals surface area contributed by atoms with E-state index in [2.05, 4.69) is 217 Å². The van der Waals surface area contributed by atoms with E-state index in [1.165, 1.54) is 154 Å². The van der Waals surface area contributed by atoms with E-state index in [1.54, 1.807) is 0 Å². The number of rotatable bonds is 48. The molecule has 0 fully saturated rings. The fourth-order valence-electron chi connectivity index (χ4n) is 21.8. The van der Waals surface area contributed by atoms with Crippen molar-refractivity contribution in [1.29, 1.82) is 0 Å². The lowest BCUT2D eigenvalue weighted by atomic mass is 9.73. The van der Waals surface area contributed by atoms with Crippen LogP contribution in [0.1, 0.15) is 353 Å². The molecule has 12 heteroatoms. The van der Waals surface area contributed by atoms with E-state index in [4.69, 9.17) is 37.9 Å². The number of pyridine rings is 4. The van der Waals surface area contributed by atoms with Crippen molar-refractivity contribution >= 4 is 0 Å². The normalized spacial score (nSPS) is 15.5. The summed E-state index contributed by atoms with van der Waals surface area (Å²) in [6.07, 6.45) is 61.5. The van der Waals surface area contributed by atoms with Crippen molar-refractivity contribution in [1.82, 2.24) is 19.9 Å². The zero-order valence-corrected chi connectivity index (χ0v) is 79.3. The molecule has 5 aliphatic rings. The number of aromatic nitrogens is 4. The Kier molecular flexibility index (Phi) is 33.3. The molecule has 17 rings (SSSR count). The maximum absolute atomic E-state index is 7.77. The third kappa shape index (κ3) is 22.1. The first-order valence-electron chi connectivity index (χ1n) is 51.3. The average Bonchev–Trinajstić information content (AvgIpc) is 0.711. The maximum Gasteiger partial charge on any atom is 0.230 e. The van der Waals surface area contributed by atoms with Crippen molar-refractivity contribution in [3.63, 3.8) is 0 Å². The van der Waals surface area contributed by atoms with E-state index < -0.39 is 0 Å². The number of unbranched alkanes of at least 4 members (excludes halogenated alkanes) is 32. The molecule has 12 aromatic rings. The Labute approximate surface area is 787 Å². The SMILES string of the molecule is CCCCCCCCCCCC1c2cc3c4c(-c5ccc(-c6ccncc6)cc5)c2OCOc2c1cc1c(c2-c2ccc(-c5ccncc5)cc2)OCOc2c(cc5c(c2-c2ccc(-c6ccncc6)cc2)OCOc2c(cc(c(c2-c2ccc(-c6ccncc6)cc2)OCO4)C3CCCCCCCCCCC)C5CCCCCCCCCCC)C1CCCCCCCCCCC. The highest BCUT2D eigenvalue weighted by Crippen LogP contribution is 2.63. The summed E-state index contributed by atoms with van der Waals surface area (Å²) in [6.45, 7) is 8.88. The van der Waals surface area contributed by atoms with E-state index in [9.17, 15) is 0 Å². The van der Waals surface area contributed by atoms with Gasteiger partial charge in [-0.1, -0.05) is 356 Å². The molecule has 0 unspecified atom stereocenters. The van der Waals surface area contributed by atoms with Gasteiger partial charge in [0.25, 0.3) is 0 Å². The van der Waals surface area contributed by atoms with Crippen molar-refractivity contribution in [3.05, 3.63) is 264 Å². The fraction of sp³-hybridized carbons (Fsp3) is 0.433. The van der Waals surface area contributed by atoms with Crippen molar-refractivity contribution in [3.8, 4) is 135 Å². The highest BCUT2D eigenvalue weighted by atomic mass is 16.7. The molecule has 0 N–H and O–H groups in total. The van der Waals surface area contributed by atoms with Gasteiger partial charge in [-0.25, -0.2) is 0 Å². The van der Waals surface area contributed by atoms with E-state index in [1.807, 2.05) is 49.6 Å². The van der Waals surface area contributed by atoms with Crippen LogP contribution in [0.2, 0.25) is 0 Å². The minimum absolute atomic E-state index is 0.0970. The minimum Gasteiger partial charge on any atom is -0.456 e. The maximum atomic E-state index is 7.77. The summed E-state index contributed by atoms with van der Waals surface area (Å²) in [5.74, 6) is 5.10. The molecule has 132 heavy (non-hydrogen) atoms. The molecule has 12 nitrogen and oxygen atoms in total. The molecule has 8 bridgehead atoms. The predicted octanol–water partition coefficient (Wildman–Crippen LogP) is 34.0. The van der Waals surface area contributed by atoms with E-state index in [0.717, 1.165) is 282 Å². The zero-order valence-electron chi connectivity index (χ0n) is 79.3. The van der Waals surface area contributed by atoms with Crippen molar-refractivity contribution < 1.29 is 37.9 Å². The Morgan fingerprint density at radius 1 is 0.174 bits per heavy atom. The zero-order chi connectivity index (χ0) is 89.8. The standard InChI is InChI=1S/C120H140N4O8/c1-5-9-13-17-21-25-29-33-37-41-97-101-77-103-98(42-38-34-30-26-22-18-14-10-6-2)105-79-107-100(44-40-36-32-28-24-20-16-12-8-4)108-80-106-99(43-39-35-31-27-23-19-15-11-7-3)104-78-102(97)114-110(94-55-47-86(48-56-94)90-63-71-122-72-64-90)116(104)128-83-130-118(106)112(96-59-51-88(52-60-96)92-67-75-124-76-68-92)120(108)132-84-131-119(107)111(95-57-49-87(50-58-95)91-65-73-123-74-66-91)117(105)129-82-127-115(103)109(113(101)125-81-126-114)93-53-45-85(46-54-93)89-61-69-121-70-62-89/h45-80,97-100H,5-44,81-84H2,1-4H3. The van der Waals surface area contributed by atoms with Crippen molar-refractivity contribution in [2.75, 3.05) is 27.2 Å². The van der Waals surface area contributed by atoms with E-state index >= 15 is 0 Å². The van der Waals surface area contributed by atoms with Crippen LogP contribution in [0, 0.1) is 0 Å². The topological polar surface area (TPSA) is 125 Å². The minimum atomic E-state index is -0.273. The number of nitrogens with zero attached hydrogens (tertiary/aromatic N) is 4. The smallest absolute Gasteiger partial charge is 0.230 e. The quantitative estimate of drug-likeness (QED) is 0.0337. The van der Waals surface area contributed by atoms with E-state index in [-0.39, 0.29) is 50.8 Å². The Bertz CT molecular complexity index is 4810. The molecule has 688 valence electrons. The Hall–Kier alpha value is -11.2. The van der Waals surface area contributed by atoms with Crippen LogP contribution in [-0.2, 0) is 0 Å². The number of hydrogen-bond donors (Lipinski definition) is 0. The first kappa shape index (κ1) is 92.6. The summed E-state index contributed by atoms with van der Waals surface area (Å²) >= 11 is 0. The van der Waals surface area contributed by atoms with Gasteiger partial charge in [0.2, 0.25) is 27.2 Å². The van der Waals surface area contributed by atoms with Crippen LogP contribution < -0.4 is 37.9 Å². The fourth-order valence-corrected chi connectivity index (χ4v) is 21.8. The summed E-state index contributed by atoms with van der Waals surface area (Å²) in [7, 11) is 0. The molecule has 0 radical (unpaired) electrons. The van der Waals surface area contributed by atoms with Gasteiger partial charge in [-0.2, -0.15) is 0 Å². The molecule has 4 aromatic heterocycles. The van der Waals surface area contributed by atoms with E-state index in [0.29, 0.717) is 0 Å². The van der Waals surface area contributed by atoms with Crippen LogP contribution in [-0.4, -0.2) is 47.1 Å². The molecule has 0 atom stereocenters. The van der Waals surface area contributed by atoms with Gasteiger partial charge in [0.15, 0.2) is 0 Å².